The molecule has 27 heavy (non-hydrogen) atoms. The molecule has 2 atom stereocenters. The Kier molecular flexibility index (Phi) is 4.93. The quantitative estimate of drug-likeness (QED) is 0.706. The lowest BCUT2D eigenvalue weighted by Gasteiger charge is -2.22. The standard InChI is InChI=1S/C21H24N2O3S/c1-3-27(25)16-7-8-19(23-10-9-15(24)13-23)17(12-16)18-11-14-5-4-6-20(26-2)21(14)22-18/h4-8,11-12,15,22,24H,3,9-10,13H2,1-2H3/t15?,27-/m1/s1. The molecule has 0 bridgehead atoms. The number of nitrogens with zero attached hydrogens (tertiary/aromatic N) is 1. The van der Waals surface area contributed by atoms with Gasteiger partial charge in [-0.1, -0.05) is 19.1 Å². The van der Waals surface area contributed by atoms with Crippen LogP contribution in [0.15, 0.2) is 47.4 Å². The lowest BCUT2D eigenvalue weighted by molar-refractivity contribution is 0.198. The number of nitrogens with one attached hydrogen (secondary N) is 1. The third-order valence-corrected chi connectivity index (χ3v) is 6.43. The highest BCUT2D eigenvalue weighted by Crippen LogP contribution is 2.37. The number of aliphatic hydroxyl groups is 1. The molecule has 0 radical (unpaired) electrons. The van der Waals surface area contributed by atoms with E-state index in [0.29, 0.717) is 12.3 Å². The zero-order chi connectivity index (χ0) is 19.0. The number of aromatic amines is 1. The van der Waals surface area contributed by atoms with Gasteiger partial charge in [-0.05, 0) is 36.8 Å². The molecule has 1 saturated heterocycles. The SMILES string of the molecule is CC[S@@](=O)c1ccc(N2CCC(O)C2)c(-c2cc3cccc(OC)c3[nH]2)c1. The highest BCUT2D eigenvalue weighted by molar-refractivity contribution is 7.85. The smallest absolute Gasteiger partial charge is 0.142 e. The predicted octanol–water partition coefficient (Wildman–Crippen LogP) is 3.54. The van der Waals surface area contributed by atoms with Crippen LogP contribution < -0.4 is 9.64 Å². The number of fused-ring (bicyclic) bond motifs is 1. The molecule has 4 rings (SSSR count). The molecule has 1 aromatic heterocycles. The van der Waals surface area contributed by atoms with Gasteiger partial charge in [0.05, 0.1) is 29.5 Å². The average molecular weight is 385 g/mol. The Morgan fingerprint density at radius 1 is 1.30 bits per heavy atom. The molecule has 3 aromatic rings. The number of anilines is 1. The number of aromatic nitrogens is 1. The van der Waals surface area contributed by atoms with Crippen molar-refractivity contribution in [1.29, 1.82) is 0 Å². The second-order valence-corrected chi connectivity index (χ2v) is 8.55. The Labute approximate surface area is 161 Å². The van der Waals surface area contributed by atoms with Crippen LogP contribution in [0.25, 0.3) is 22.2 Å². The third-order valence-electron chi connectivity index (χ3n) is 5.13. The summed E-state index contributed by atoms with van der Waals surface area (Å²) in [5.41, 5.74) is 3.96. The Morgan fingerprint density at radius 3 is 2.85 bits per heavy atom. The molecule has 6 heteroatoms. The molecule has 5 nitrogen and oxygen atoms in total. The first-order valence-corrected chi connectivity index (χ1v) is 10.5. The Morgan fingerprint density at radius 2 is 2.15 bits per heavy atom. The second-order valence-electron chi connectivity index (χ2n) is 6.81. The number of β-amino-alcohol motifs (C(OH)–C–C–N with tert-alkyl or cyclic N) is 1. The van der Waals surface area contributed by atoms with Crippen LogP contribution in [-0.2, 0) is 10.8 Å². The molecule has 0 aliphatic carbocycles. The van der Waals surface area contributed by atoms with Crippen molar-refractivity contribution < 1.29 is 14.1 Å². The number of H-pyrrole nitrogens is 1. The summed E-state index contributed by atoms with van der Waals surface area (Å²) in [5, 5.41) is 11.0. The summed E-state index contributed by atoms with van der Waals surface area (Å²) in [7, 11) is 0.643. The van der Waals surface area contributed by atoms with Gasteiger partial charge in [-0.2, -0.15) is 0 Å². The van der Waals surface area contributed by atoms with Crippen LogP contribution in [-0.4, -0.2) is 46.4 Å². The largest absolute Gasteiger partial charge is 0.495 e. The second kappa shape index (κ2) is 7.37. The molecule has 2 heterocycles. The number of rotatable bonds is 5. The van der Waals surface area contributed by atoms with Crippen molar-refractivity contribution in [2.45, 2.75) is 24.3 Å². The maximum absolute atomic E-state index is 12.4. The van der Waals surface area contributed by atoms with E-state index >= 15 is 0 Å². The summed E-state index contributed by atoms with van der Waals surface area (Å²) >= 11 is 0. The van der Waals surface area contributed by atoms with Crippen molar-refractivity contribution in [3.8, 4) is 17.0 Å². The molecule has 1 unspecified atom stereocenters. The lowest BCUT2D eigenvalue weighted by Crippen LogP contribution is -2.22. The normalized spacial score (nSPS) is 18.2. The lowest BCUT2D eigenvalue weighted by atomic mass is 10.1. The third kappa shape index (κ3) is 3.35. The van der Waals surface area contributed by atoms with Crippen molar-refractivity contribution in [3.05, 3.63) is 42.5 Å². The number of para-hydroxylation sites is 1. The molecular formula is C21H24N2O3S. The van der Waals surface area contributed by atoms with E-state index in [1.807, 2.05) is 43.3 Å². The van der Waals surface area contributed by atoms with Gasteiger partial charge in [0.1, 0.15) is 5.75 Å². The first-order valence-electron chi connectivity index (χ1n) is 9.22. The van der Waals surface area contributed by atoms with E-state index in [0.717, 1.165) is 51.5 Å². The Balaban J connectivity index is 1.87. The summed E-state index contributed by atoms with van der Waals surface area (Å²) < 4.78 is 17.9. The van der Waals surface area contributed by atoms with Crippen LogP contribution in [0, 0.1) is 0 Å². The first kappa shape index (κ1) is 18.1. The minimum atomic E-state index is -1.02. The van der Waals surface area contributed by atoms with E-state index in [1.54, 1.807) is 7.11 Å². The van der Waals surface area contributed by atoms with Gasteiger partial charge in [0.2, 0.25) is 0 Å². The van der Waals surface area contributed by atoms with Crippen LogP contribution in [0.4, 0.5) is 5.69 Å². The molecule has 0 amide bonds. The zero-order valence-corrected chi connectivity index (χ0v) is 16.4. The zero-order valence-electron chi connectivity index (χ0n) is 15.6. The fourth-order valence-electron chi connectivity index (χ4n) is 3.72. The first-order chi connectivity index (χ1) is 13.1. The van der Waals surface area contributed by atoms with Crippen molar-refractivity contribution in [1.82, 2.24) is 4.98 Å². The number of benzene rings is 2. The maximum atomic E-state index is 12.4. The number of methoxy groups -OCH3 is 1. The molecular weight excluding hydrogens is 360 g/mol. The van der Waals surface area contributed by atoms with Gasteiger partial charge in [-0.15, -0.1) is 0 Å². The van der Waals surface area contributed by atoms with Crippen molar-refractivity contribution in [3.63, 3.8) is 0 Å². The fourth-order valence-corrected chi connectivity index (χ4v) is 4.52. The monoisotopic (exact) mass is 384 g/mol. The van der Waals surface area contributed by atoms with Crippen LogP contribution in [0.1, 0.15) is 13.3 Å². The minimum Gasteiger partial charge on any atom is -0.495 e. The predicted molar refractivity (Wildman–Crippen MR) is 110 cm³/mol. The summed E-state index contributed by atoms with van der Waals surface area (Å²) in [6.45, 7) is 3.36. The van der Waals surface area contributed by atoms with Gasteiger partial charge < -0.3 is 19.7 Å². The van der Waals surface area contributed by atoms with E-state index in [9.17, 15) is 9.32 Å². The van der Waals surface area contributed by atoms with Crippen LogP contribution in [0.5, 0.6) is 5.75 Å². The molecule has 2 aromatic carbocycles. The van der Waals surface area contributed by atoms with Crippen LogP contribution >= 0.6 is 0 Å². The van der Waals surface area contributed by atoms with E-state index in [4.69, 9.17) is 4.74 Å². The maximum Gasteiger partial charge on any atom is 0.142 e. The van der Waals surface area contributed by atoms with E-state index in [-0.39, 0.29) is 6.10 Å². The average Bonchev–Trinajstić information content (AvgIpc) is 3.32. The van der Waals surface area contributed by atoms with Gasteiger partial charge in [-0.25, -0.2) is 0 Å². The molecule has 1 aliphatic heterocycles. The van der Waals surface area contributed by atoms with Crippen LogP contribution in [0.3, 0.4) is 0 Å². The number of hydrogen-bond donors (Lipinski definition) is 2. The van der Waals surface area contributed by atoms with Crippen molar-refractivity contribution >= 4 is 27.4 Å². The molecule has 142 valence electrons. The summed E-state index contributed by atoms with van der Waals surface area (Å²) in [5.74, 6) is 1.38. The highest BCUT2D eigenvalue weighted by Gasteiger charge is 2.24. The van der Waals surface area contributed by atoms with Crippen molar-refractivity contribution in [2.24, 2.45) is 0 Å². The van der Waals surface area contributed by atoms with Crippen LogP contribution in [0.2, 0.25) is 0 Å². The molecule has 2 N–H and O–H groups in total. The van der Waals surface area contributed by atoms with Gasteiger partial charge in [0.25, 0.3) is 0 Å². The highest BCUT2D eigenvalue weighted by atomic mass is 32.2. The van der Waals surface area contributed by atoms with Gasteiger partial charge in [-0.3, -0.25) is 4.21 Å². The fraction of sp³-hybridized carbons (Fsp3) is 0.333. The number of hydrogen-bond acceptors (Lipinski definition) is 4. The summed E-state index contributed by atoms with van der Waals surface area (Å²) in [6.07, 6.45) is 0.466. The van der Waals surface area contributed by atoms with Crippen molar-refractivity contribution in [2.75, 3.05) is 30.9 Å². The van der Waals surface area contributed by atoms with Gasteiger partial charge in [0, 0.05) is 46.1 Å². The summed E-state index contributed by atoms with van der Waals surface area (Å²) in [4.78, 5) is 6.49. The molecule has 0 spiro atoms. The molecule has 1 fully saturated rings. The Bertz CT molecular complexity index is 998. The number of aliphatic hydroxyl groups excluding tert-OH is 1. The molecule has 0 saturated carbocycles. The van der Waals surface area contributed by atoms with E-state index in [1.165, 1.54) is 0 Å². The van der Waals surface area contributed by atoms with E-state index < -0.39 is 10.8 Å². The van der Waals surface area contributed by atoms with Gasteiger partial charge >= 0.3 is 0 Å². The topological polar surface area (TPSA) is 65.6 Å². The Hall–Kier alpha value is -2.31. The summed E-state index contributed by atoms with van der Waals surface area (Å²) in [6, 6.07) is 14.0. The minimum absolute atomic E-state index is 0.301. The number of ether oxygens (including phenoxy) is 1. The van der Waals surface area contributed by atoms with E-state index in [2.05, 4.69) is 16.0 Å². The van der Waals surface area contributed by atoms with Gasteiger partial charge in [0.15, 0.2) is 0 Å². The molecule has 1 aliphatic rings.